The monoisotopic (exact) mass is 2070 g/mol. The zero-order chi connectivity index (χ0) is 102. The number of sulfonamides is 4. The smallest absolute Gasteiger partial charge is 0.246 e. The van der Waals surface area contributed by atoms with Crippen LogP contribution < -0.4 is 43.2 Å². The van der Waals surface area contributed by atoms with Crippen LogP contribution in [0.1, 0.15) is 119 Å². The van der Waals surface area contributed by atoms with Crippen molar-refractivity contribution in [2.45, 2.75) is 216 Å². The van der Waals surface area contributed by atoms with Gasteiger partial charge in [0.1, 0.15) is 24.4 Å². The first-order valence-electron chi connectivity index (χ1n) is 51.4. The summed E-state index contributed by atoms with van der Waals surface area (Å²) >= 11 is 0. The Labute approximate surface area is 865 Å². The van der Waals surface area contributed by atoms with Crippen LogP contribution in [0.25, 0.3) is 6.08 Å². The number of aliphatic hydroxyl groups is 1. The molecule has 27 nitrogen and oxygen atoms in total. The van der Waals surface area contributed by atoms with Gasteiger partial charge in [0.15, 0.2) is 46.0 Å². The highest BCUT2D eigenvalue weighted by molar-refractivity contribution is 7.90. The lowest BCUT2D eigenvalue weighted by molar-refractivity contribution is -0.185. The third-order valence-electron chi connectivity index (χ3n) is 35.6. The van der Waals surface area contributed by atoms with Crippen molar-refractivity contribution < 1.29 is 85.9 Å². The molecule has 8 bridgehead atoms. The molecule has 31 heteroatoms. The molecule has 768 valence electrons. The minimum atomic E-state index is -3.79. The number of methoxy groups -OCH3 is 4. The van der Waals surface area contributed by atoms with Crippen molar-refractivity contribution in [3.63, 3.8) is 0 Å². The molecule has 16 aliphatic rings. The molecule has 5 fully saturated rings. The van der Waals surface area contributed by atoms with E-state index in [0.29, 0.717) is 123 Å². The number of piperidine rings is 4. The number of hydrogen-bond donors (Lipinski definition) is 2. The Kier molecular flexibility index (Phi) is 24.6. The minimum Gasteiger partial charge on any atom is -0.493 e. The Morgan fingerprint density at radius 2 is 0.770 bits per heavy atom. The van der Waals surface area contributed by atoms with Gasteiger partial charge >= 0.3 is 0 Å². The van der Waals surface area contributed by atoms with Gasteiger partial charge in [-0.15, -0.1) is 0 Å². The van der Waals surface area contributed by atoms with Gasteiger partial charge in [-0.05, 0) is 240 Å². The fourth-order valence-corrected chi connectivity index (χ4v) is 35.7. The summed E-state index contributed by atoms with van der Waals surface area (Å²) in [7, 11) is -0.00883. The van der Waals surface area contributed by atoms with Crippen LogP contribution in [0, 0.1) is 0 Å². The Balaban J connectivity index is 0.000000106. The first-order chi connectivity index (χ1) is 71.6. The highest BCUT2D eigenvalue weighted by Crippen LogP contribution is 2.70. The molecule has 4 spiro atoms. The van der Waals surface area contributed by atoms with Crippen molar-refractivity contribution in [2.75, 3.05) is 82.8 Å². The molecule has 1 saturated carbocycles. The molecule has 11 aromatic rings. The Morgan fingerprint density at radius 3 is 1.18 bits per heavy atom. The third-order valence-corrected chi connectivity index (χ3v) is 43.2. The lowest BCUT2D eigenvalue weighted by atomic mass is 9.48. The van der Waals surface area contributed by atoms with Gasteiger partial charge in [-0.2, -0.15) is 17.2 Å². The normalized spacial score (nSPS) is 28.9. The van der Waals surface area contributed by atoms with Crippen LogP contribution in [-0.4, -0.2) is 238 Å². The molecule has 27 rings (SSSR count). The van der Waals surface area contributed by atoms with E-state index in [1.165, 1.54) is 44.5 Å². The van der Waals surface area contributed by atoms with Gasteiger partial charge in [0.25, 0.3) is 0 Å². The molecular weight excluding hydrogens is 1950 g/mol. The fraction of sp³-hybridized carbons (Fsp3) is 0.376. The van der Waals surface area contributed by atoms with Gasteiger partial charge in [-0.25, -0.2) is 33.7 Å². The van der Waals surface area contributed by atoms with E-state index in [-0.39, 0.29) is 88.3 Å². The lowest BCUT2D eigenvalue weighted by Crippen LogP contribution is -2.78. The predicted molar refractivity (Wildman–Crippen MR) is 559 cm³/mol. The highest BCUT2D eigenvalue weighted by Gasteiger charge is 2.76. The van der Waals surface area contributed by atoms with E-state index in [4.69, 9.17) is 42.3 Å². The second-order valence-corrected chi connectivity index (χ2v) is 49.6. The van der Waals surface area contributed by atoms with E-state index in [0.717, 1.165) is 93.8 Å². The van der Waals surface area contributed by atoms with E-state index in [1.807, 2.05) is 86.9 Å². The van der Waals surface area contributed by atoms with Crippen molar-refractivity contribution in [1.29, 1.82) is 0 Å². The van der Waals surface area contributed by atoms with Gasteiger partial charge in [0.05, 0.1) is 124 Å². The second kappa shape index (κ2) is 37.2. The van der Waals surface area contributed by atoms with Crippen molar-refractivity contribution in [3.05, 3.63) is 351 Å². The fourth-order valence-electron chi connectivity index (χ4n) is 29.1. The van der Waals surface area contributed by atoms with Crippen LogP contribution in [0.15, 0.2) is 314 Å². The van der Waals surface area contributed by atoms with Gasteiger partial charge < -0.3 is 57.6 Å². The highest BCUT2D eigenvalue weighted by atomic mass is 32.2. The van der Waals surface area contributed by atoms with Gasteiger partial charge in [-0.1, -0.05) is 176 Å². The van der Waals surface area contributed by atoms with E-state index < -0.39 is 62.6 Å². The number of carbonyl (C=O) groups excluding carboxylic acids is 1. The van der Waals surface area contributed by atoms with E-state index in [2.05, 4.69) is 108 Å². The quantitative estimate of drug-likeness (QED) is 0.0470. The van der Waals surface area contributed by atoms with Crippen LogP contribution in [0.5, 0.6) is 46.0 Å². The van der Waals surface area contributed by atoms with Crippen LogP contribution in [0.4, 0.5) is 0 Å². The van der Waals surface area contributed by atoms with Crippen molar-refractivity contribution in [3.8, 4) is 46.0 Å². The average Bonchev–Trinajstić information content (AvgIpc) is 1.46. The number of hydrogen-bond acceptors (Lipinski definition) is 22. The van der Waals surface area contributed by atoms with Gasteiger partial charge in [0, 0.05) is 92.3 Å². The summed E-state index contributed by atoms with van der Waals surface area (Å²) in [6, 6.07) is 72.4. The molecule has 4 saturated heterocycles. The molecule has 1 amide bonds. The molecular formula is C117H122N8O19S4. The molecule has 1 aromatic heterocycles. The molecule has 8 aliphatic carbocycles. The molecule has 0 radical (unpaired) electrons. The number of likely N-dealkylation sites (N-methyl/N-ethyl adjacent to an activating group) is 4. The Hall–Kier alpha value is -12.2. The SMILES string of the molecule is CN[C@@H]1CC=C2[C@H]3Cc4ccc(OC)c5c4[C@@]2(CCN3S(=O)(=O)c2ccccc2)[C@H]1O5.COc1ccc2c3c1O[C@H]1[C@H](N(C)C(=O)/C=C/c4ccoc4)CC=C4[C@@H](C2)N(S(=O)(=O)c2ccccc2)CC[C@]431.COc1ccc2c3c1O[C@H]1[C@H](N(C)Cc4ccccc4)CC=C4[C@@H](C2)N(S(=O)(=O)c2ccccc2)CC[C@]431.COc1ccc2c3c1O[C@H]1[C@H](N(C)Cc4ccccc4)CC[C@@]4(O)[C@@H](C2)N(S(=O)(=O)c2ccccc2)CC[C@]314. The third kappa shape index (κ3) is 14.8. The number of ether oxygens (including phenoxy) is 8. The van der Waals surface area contributed by atoms with Crippen LogP contribution in [0.3, 0.4) is 0 Å². The molecule has 9 heterocycles. The summed E-state index contributed by atoms with van der Waals surface area (Å²) in [6.07, 6.45) is 20.5. The van der Waals surface area contributed by atoms with Gasteiger partial charge in [-0.3, -0.25) is 14.6 Å². The van der Waals surface area contributed by atoms with Crippen molar-refractivity contribution in [2.24, 2.45) is 0 Å². The van der Waals surface area contributed by atoms with Crippen LogP contribution >= 0.6 is 0 Å². The lowest BCUT2D eigenvalue weighted by Gasteiger charge is -2.64. The van der Waals surface area contributed by atoms with Crippen LogP contribution in [0.2, 0.25) is 0 Å². The molecule has 10 aromatic carbocycles. The molecule has 17 atom stereocenters. The first-order valence-corrected chi connectivity index (χ1v) is 57.1. The zero-order valence-corrected chi connectivity index (χ0v) is 87.2. The summed E-state index contributed by atoms with van der Waals surface area (Å²) in [5.74, 6) is 5.84. The topological polar surface area (TPSA) is 296 Å². The Bertz CT molecular complexity index is 7670. The van der Waals surface area contributed by atoms with Crippen molar-refractivity contribution >= 4 is 52.1 Å². The number of rotatable bonds is 22. The Morgan fingerprint density at radius 1 is 0.412 bits per heavy atom. The summed E-state index contributed by atoms with van der Waals surface area (Å²) < 4.78 is 172. The van der Waals surface area contributed by atoms with Crippen molar-refractivity contribution in [1.82, 2.24) is 37.2 Å². The number of furan rings is 1. The number of amides is 1. The number of benzene rings is 10. The van der Waals surface area contributed by atoms with E-state index in [1.54, 1.807) is 178 Å². The van der Waals surface area contributed by atoms with E-state index in [9.17, 15) is 43.6 Å². The maximum atomic E-state index is 13.9. The van der Waals surface area contributed by atoms with Gasteiger partial charge in [0.2, 0.25) is 46.0 Å². The summed E-state index contributed by atoms with van der Waals surface area (Å²) in [6.45, 7) is 3.21. The van der Waals surface area contributed by atoms with Crippen LogP contribution in [-0.2, 0) is 105 Å². The minimum absolute atomic E-state index is 0.0477. The predicted octanol–water partition coefficient (Wildman–Crippen LogP) is 15.1. The zero-order valence-electron chi connectivity index (χ0n) is 84.0. The van der Waals surface area contributed by atoms with E-state index >= 15 is 0 Å². The summed E-state index contributed by atoms with van der Waals surface area (Å²) in [4.78, 5) is 21.1. The largest absolute Gasteiger partial charge is 0.493 e. The molecule has 2 N–H and O–H groups in total. The maximum Gasteiger partial charge on any atom is 0.246 e. The first kappa shape index (κ1) is 97.8. The second-order valence-electron chi connectivity index (χ2n) is 42.0. The number of carbonyl (C=O) groups is 1. The molecule has 148 heavy (non-hydrogen) atoms. The summed E-state index contributed by atoms with van der Waals surface area (Å²) in [5.41, 5.74) is 12.7. The maximum absolute atomic E-state index is 13.9. The number of nitrogens with zero attached hydrogens (tertiary/aromatic N) is 7. The average molecular weight is 2070 g/mol. The molecule has 8 aliphatic heterocycles. The molecule has 0 unspecified atom stereocenters. The standard InChI is InChI=1S/C31H30N2O6S.C31H34N2O5S.C31H32N2O4S.C24H26N2O4S/c1-32(27(34)13-8-20-14-17-38-19-20)24-11-10-23-25-18-21-9-12-26(37-2)29-28(21)31(23,30(24)39-29)15-16-33(25)40(35,36)22-6-4-3-5-7-22;1-32(20-21-9-5-3-6-10-21)24-15-16-31(34)26-19-22-13-14-25(37-2)28-27(22)30(31,29(24)38-28)17-18-33(26)39(35,36)23-11-7-4-8-12-23;1-32(20-21-9-5-3-6-10-21)25-15-14-24-26-19-22-13-16-27(36-2)29-28(22)31(24,30(25)37-29)17-18-33(26)38(34,35)23-11-7-4-8-12-23;1-25-18-10-9-17-19-14-15-8-11-20(29-2)22-21(15)24(17,23(18)30-22)12-13-26(19)31(27,28)16-6-4-3-5-7-16/h3-10,12-14,17,19,24-25,30H,11,15-16,18H2,1-2H3;3-14,24,26,29,34H,15-20H2,1-2H3;3-14,16,25-26,30H,15,17-20H2,1-2H3;3-9,11,18-19,23,25H,10,12-14H2,1-2H3/b13-8+;;;/t24-,25-,30+,31+;24-,26-,29+,30+,31-;25-,26-,30+,31+;18-,19-,23+,24+/m1111/s1. The summed E-state index contributed by atoms with van der Waals surface area (Å²) in [5, 5.41) is 16.2. The number of nitrogens with one attached hydrogen (secondary N) is 1.